The first-order chi connectivity index (χ1) is 8.40. The third-order valence-electron chi connectivity index (χ3n) is 2.24. The molecule has 2 N–H and O–H groups in total. The van der Waals surface area contributed by atoms with Crippen LogP contribution in [0.1, 0.15) is 26.7 Å². The molecular formula is C12H18F3N3. The summed E-state index contributed by atoms with van der Waals surface area (Å²) in [6, 6.07) is 4.51. The van der Waals surface area contributed by atoms with Crippen LogP contribution in [0.3, 0.4) is 0 Å². The third-order valence-corrected chi connectivity index (χ3v) is 2.24. The molecule has 0 aliphatic carbocycles. The molecular weight excluding hydrogens is 243 g/mol. The summed E-state index contributed by atoms with van der Waals surface area (Å²) >= 11 is 0. The Kier molecular flexibility index (Phi) is 5.25. The van der Waals surface area contributed by atoms with E-state index in [1.54, 1.807) is 18.2 Å². The van der Waals surface area contributed by atoms with Gasteiger partial charge in [-0.25, -0.2) is 4.98 Å². The fourth-order valence-corrected chi connectivity index (χ4v) is 1.52. The maximum atomic E-state index is 12.2. The Morgan fingerprint density at radius 2 is 1.94 bits per heavy atom. The highest BCUT2D eigenvalue weighted by Crippen LogP contribution is 2.23. The Morgan fingerprint density at radius 1 is 1.28 bits per heavy atom. The molecule has 1 atom stereocenters. The van der Waals surface area contributed by atoms with E-state index in [0.29, 0.717) is 11.6 Å². The molecule has 0 radical (unpaired) electrons. The summed E-state index contributed by atoms with van der Waals surface area (Å²) in [5.41, 5.74) is 0. The van der Waals surface area contributed by atoms with E-state index in [-0.39, 0.29) is 0 Å². The van der Waals surface area contributed by atoms with Crippen LogP contribution < -0.4 is 10.6 Å². The number of aromatic nitrogens is 1. The van der Waals surface area contributed by atoms with Gasteiger partial charge in [0.1, 0.15) is 11.6 Å². The molecule has 0 bridgehead atoms. The number of anilines is 2. The van der Waals surface area contributed by atoms with Crippen molar-refractivity contribution in [3.8, 4) is 0 Å². The summed E-state index contributed by atoms with van der Waals surface area (Å²) in [4.78, 5) is 4.19. The minimum absolute atomic E-state index is 0.452. The van der Waals surface area contributed by atoms with E-state index in [2.05, 4.69) is 15.6 Å². The Bertz CT molecular complexity index is 366. The average Bonchev–Trinajstić information content (AvgIpc) is 2.24. The van der Waals surface area contributed by atoms with Crippen molar-refractivity contribution in [2.45, 2.75) is 38.9 Å². The largest absolute Gasteiger partial charge is 0.391 e. The molecule has 0 fully saturated rings. The van der Waals surface area contributed by atoms with Gasteiger partial charge in [-0.15, -0.1) is 0 Å². The van der Waals surface area contributed by atoms with Crippen LogP contribution in [0.25, 0.3) is 0 Å². The van der Waals surface area contributed by atoms with E-state index < -0.39 is 18.6 Å². The summed E-state index contributed by atoms with van der Waals surface area (Å²) < 4.78 is 36.5. The van der Waals surface area contributed by atoms with E-state index in [0.717, 1.165) is 13.0 Å². The van der Waals surface area contributed by atoms with Gasteiger partial charge in [0.25, 0.3) is 0 Å². The first kappa shape index (κ1) is 14.6. The van der Waals surface area contributed by atoms with E-state index in [4.69, 9.17) is 0 Å². The molecule has 0 aliphatic heterocycles. The smallest absolute Gasteiger partial charge is 0.370 e. The highest BCUT2D eigenvalue weighted by Gasteiger charge is 2.29. The first-order valence-electron chi connectivity index (χ1n) is 5.95. The van der Waals surface area contributed by atoms with Crippen molar-refractivity contribution in [2.75, 3.05) is 17.2 Å². The van der Waals surface area contributed by atoms with Crippen molar-refractivity contribution >= 4 is 11.6 Å². The van der Waals surface area contributed by atoms with Gasteiger partial charge in [-0.2, -0.15) is 13.2 Å². The zero-order valence-corrected chi connectivity index (χ0v) is 10.5. The van der Waals surface area contributed by atoms with Crippen LogP contribution in [0.5, 0.6) is 0 Å². The van der Waals surface area contributed by atoms with Gasteiger partial charge >= 0.3 is 6.18 Å². The first-order valence-corrected chi connectivity index (χ1v) is 5.95. The fourth-order valence-electron chi connectivity index (χ4n) is 1.52. The quantitative estimate of drug-likeness (QED) is 0.820. The molecule has 102 valence electrons. The standard InChI is InChI=1S/C12H18F3N3/c1-3-7-16-10-5-4-6-11(18-10)17-9(2)8-12(13,14)15/h4-6,9H,3,7-8H2,1-2H3,(H2,16,17,18). The molecule has 0 aromatic carbocycles. The number of alkyl halides is 3. The van der Waals surface area contributed by atoms with Crippen molar-refractivity contribution in [3.63, 3.8) is 0 Å². The van der Waals surface area contributed by atoms with E-state index in [9.17, 15) is 13.2 Å². The van der Waals surface area contributed by atoms with Gasteiger partial charge < -0.3 is 10.6 Å². The molecule has 0 amide bonds. The van der Waals surface area contributed by atoms with E-state index in [1.165, 1.54) is 6.92 Å². The Morgan fingerprint density at radius 3 is 2.56 bits per heavy atom. The molecule has 0 spiro atoms. The zero-order valence-electron chi connectivity index (χ0n) is 10.5. The monoisotopic (exact) mass is 261 g/mol. The number of nitrogens with one attached hydrogen (secondary N) is 2. The number of pyridine rings is 1. The molecule has 3 nitrogen and oxygen atoms in total. The van der Waals surface area contributed by atoms with Crippen molar-refractivity contribution < 1.29 is 13.2 Å². The molecule has 0 aliphatic rings. The highest BCUT2D eigenvalue weighted by atomic mass is 19.4. The lowest BCUT2D eigenvalue weighted by atomic mass is 10.2. The zero-order chi connectivity index (χ0) is 13.6. The second-order valence-electron chi connectivity index (χ2n) is 4.20. The normalized spacial score (nSPS) is 13.2. The van der Waals surface area contributed by atoms with Gasteiger partial charge in [-0.3, -0.25) is 0 Å². The van der Waals surface area contributed by atoms with Crippen LogP contribution in [0.4, 0.5) is 24.8 Å². The molecule has 1 aromatic rings. The van der Waals surface area contributed by atoms with Crippen LogP contribution in [-0.4, -0.2) is 23.7 Å². The van der Waals surface area contributed by atoms with Gasteiger partial charge in [-0.05, 0) is 25.5 Å². The van der Waals surface area contributed by atoms with Crippen molar-refractivity contribution in [2.24, 2.45) is 0 Å². The van der Waals surface area contributed by atoms with E-state index >= 15 is 0 Å². The predicted octanol–water partition coefficient (Wildman–Crippen LogP) is 3.66. The summed E-state index contributed by atoms with van der Waals surface area (Å²) in [5, 5.41) is 5.83. The van der Waals surface area contributed by atoms with Crippen molar-refractivity contribution in [1.82, 2.24) is 4.98 Å². The molecule has 0 saturated heterocycles. The van der Waals surface area contributed by atoms with Gasteiger partial charge in [0.05, 0.1) is 6.42 Å². The van der Waals surface area contributed by atoms with Crippen molar-refractivity contribution in [3.05, 3.63) is 18.2 Å². The molecule has 18 heavy (non-hydrogen) atoms. The number of rotatable bonds is 6. The lowest BCUT2D eigenvalue weighted by molar-refractivity contribution is -0.136. The molecule has 6 heteroatoms. The van der Waals surface area contributed by atoms with E-state index in [1.807, 2.05) is 6.92 Å². The van der Waals surface area contributed by atoms with Crippen LogP contribution >= 0.6 is 0 Å². The number of halogens is 3. The highest BCUT2D eigenvalue weighted by molar-refractivity contribution is 5.45. The van der Waals surface area contributed by atoms with Crippen molar-refractivity contribution in [1.29, 1.82) is 0 Å². The molecule has 1 rings (SSSR count). The van der Waals surface area contributed by atoms with Crippen LogP contribution in [0.2, 0.25) is 0 Å². The Labute approximate surface area is 105 Å². The summed E-state index contributed by atoms with van der Waals surface area (Å²) in [6.45, 7) is 4.30. The predicted molar refractivity (Wildman–Crippen MR) is 66.8 cm³/mol. The maximum Gasteiger partial charge on any atom is 0.391 e. The second-order valence-corrected chi connectivity index (χ2v) is 4.20. The molecule has 1 unspecified atom stereocenters. The Hall–Kier alpha value is -1.46. The third kappa shape index (κ3) is 5.75. The lowest BCUT2D eigenvalue weighted by Gasteiger charge is -2.16. The minimum atomic E-state index is -4.16. The SMILES string of the molecule is CCCNc1cccc(NC(C)CC(F)(F)F)n1. The maximum absolute atomic E-state index is 12.2. The number of hydrogen-bond acceptors (Lipinski definition) is 3. The van der Waals surface area contributed by atoms with Crippen LogP contribution in [0, 0.1) is 0 Å². The molecule has 1 heterocycles. The topological polar surface area (TPSA) is 37.0 Å². The second kappa shape index (κ2) is 6.47. The Balaban J connectivity index is 2.56. The minimum Gasteiger partial charge on any atom is -0.370 e. The number of nitrogens with zero attached hydrogens (tertiary/aromatic N) is 1. The van der Waals surface area contributed by atoms with Gasteiger partial charge in [0.15, 0.2) is 0 Å². The number of hydrogen-bond donors (Lipinski definition) is 2. The van der Waals surface area contributed by atoms with Gasteiger partial charge in [-0.1, -0.05) is 13.0 Å². The summed E-state index contributed by atoms with van der Waals surface area (Å²) in [6.07, 6.45) is -4.07. The summed E-state index contributed by atoms with van der Waals surface area (Å²) in [5.74, 6) is 1.12. The van der Waals surface area contributed by atoms with Gasteiger partial charge in [0.2, 0.25) is 0 Å². The lowest BCUT2D eigenvalue weighted by Crippen LogP contribution is -2.24. The summed E-state index contributed by atoms with van der Waals surface area (Å²) in [7, 11) is 0. The molecule has 1 aromatic heterocycles. The van der Waals surface area contributed by atoms with Crippen LogP contribution in [-0.2, 0) is 0 Å². The fraction of sp³-hybridized carbons (Fsp3) is 0.583. The molecule has 0 saturated carbocycles. The van der Waals surface area contributed by atoms with Gasteiger partial charge in [0, 0.05) is 12.6 Å². The average molecular weight is 261 g/mol. The van der Waals surface area contributed by atoms with Crippen LogP contribution in [0.15, 0.2) is 18.2 Å².